The van der Waals surface area contributed by atoms with Gasteiger partial charge in [-0.25, -0.2) is 0 Å². The number of aliphatic hydroxyl groups is 3. The summed E-state index contributed by atoms with van der Waals surface area (Å²) in [5, 5.41) is 30.3. The van der Waals surface area contributed by atoms with Crippen molar-refractivity contribution in [2.75, 3.05) is 19.8 Å². The van der Waals surface area contributed by atoms with Gasteiger partial charge >= 0.3 is 0 Å². The summed E-state index contributed by atoms with van der Waals surface area (Å²) in [6, 6.07) is 6.39. The molecule has 0 heterocycles. The lowest BCUT2D eigenvalue weighted by molar-refractivity contribution is 0.0482. The Morgan fingerprint density at radius 2 is 1.50 bits per heavy atom. The Labute approximate surface area is 115 Å². The number of nitrogens with one attached hydrogen (secondary N) is 1. The highest BCUT2D eigenvalue weighted by molar-refractivity contribution is 6.24. The largest absolute Gasteiger partial charge is 0.394 e. The quantitative estimate of drug-likeness (QED) is 0.564. The zero-order valence-corrected chi connectivity index (χ0v) is 10.7. The first-order valence-electron chi connectivity index (χ1n) is 6.07. The van der Waals surface area contributed by atoms with Crippen molar-refractivity contribution in [3.05, 3.63) is 47.2 Å². The minimum absolute atomic E-state index is 0.0501. The number of rotatable bonds is 5. The standard InChI is InChI=1S/C14H15NO5/c16-6-14(7-17,8-18)15-11-5-12(19)9-3-1-2-4-10(9)13(11)20/h1-5,15-18H,6-8H2. The number of benzene rings is 1. The number of fused-ring (bicyclic) bond motifs is 1. The summed E-state index contributed by atoms with van der Waals surface area (Å²) >= 11 is 0. The number of Topliss-reactive ketones (excluding diaryl/α,β-unsaturated/α-hetero) is 1. The Morgan fingerprint density at radius 3 is 2.05 bits per heavy atom. The lowest BCUT2D eigenvalue weighted by Gasteiger charge is -2.31. The fraction of sp³-hybridized carbons (Fsp3) is 0.286. The van der Waals surface area contributed by atoms with E-state index in [0.29, 0.717) is 5.56 Å². The van der Waals surface area contributed by atoms with Gasteiger partial charge in [0.15, 0.2) is 5.78 Å². The van der Waals surface area contributed by atoms with Gasteiger partial charge in [0.1, 0.15) is 5.54 Å². The number of hydrogen-bond donors (Lipinski definition) is 4. The van der Waals surface area contributed by atoms with Crippen LogP contribution < -0.4 is 5.32 Å². The summed E-state index contributed by atoms with van der Waals surface area (Å²) < 4.78 is 0. The van der Waals surface area contributed by atoms with E-state index in [1.165, 1.54) is 6.07 Å². The second-order valence-electron chi connectivity index (χ2n) is 4.68. The van der Waals surface area contributed by atoms with Crippen LogP contribution in [0, 0.1) is 0 Å². The van der Waals surface area contributed by atoms with Crippen LogP contribution in [0.2, 0.25) is 0 Å². The molecule has 4 N–H and O–H groups in total. The van der Waals surface area contributed by atoms with E-state index >= 15 is 0 Å². The highest BCUT2D eigenvalue weighted by atomic mass is 16.3. The SMILES string of the molecule is O=C1C=C(NC(CO)(CO)CO)C(=O)c2ccccc21. The normalized spacial score (nSPS) is 14.8. The molecule has 0 amide bonds. The zero-order valence-electron chi connectivity index (χ0n) is 10.7. The van der Waals surface area contributed by atoms with Crippen molar-refractivity contribution in [2.45, 2.75) is 5.54 Å². The molecule has 0 unspecified atom stereocenters. The molecule has 2 rings (SSSR count). The first-order valence-corrected chi connectivity index (χ1v) is 6.07. The zero-order chi connectivity index (χ0) is 14.8. The number of aliphatic hydroxyl groups excluding tert-OH is 3. The molecular weight excluding hydrogens is 262 g/mol. The van der Waals surface area contributed by atoms with Crippen molar-refractivity contribution < 1.29 is 24.9 Å². The summed E-state index contributed by atoms with van der Waals surface area (Å²) in [5.74, 6) is -0.759. The van der Waals surface area contributed by atoms with Crippen molar-refractivity contribution in [1.29, 1.82) is 0 Å². The number of allylic oxidation sites excluding steroid dienone is 2. The van der Waals surface area contributed by atoms with E-state index in [9.17, 15) is 24.9 Å². The van der Waals surface area contributed by atoms with Crippen molar-refractivity contribution in [2.24, 2.45) is 0 Å². The van der Waals surface area contributed by atoms with Gasteiger partial charge in [-0.3, -0.25) is 9.59 Å². The van der Waals surface area contributed by atoms with E-state index in [-0.39, 0.29) is 17.0 Å². The Morgan fingerprint density at radius 1 is 0.950 bits per heavy atom. The maximum absolute atomic E-state index is 12.3. The molecule has 0 bridgehead atoms. The van der Waals surface area contributed by atoms with Crippen molar-refractivity contribution in [1.82, 2.24) is 5.32 Å². The summed E-state index contributed by atoms with van der Waals surface area (Å²) in [4.78, 5) is 24.2. The molecule has 0 atom stereocenters. The molecule has 0 saturated carbocycles. The fourth-order valence-electron chi connectivity index (χ4n) is 1.96. The summed E-state index contributed by atoms with van der Waals surface area (Å²) in [5.41, 5.74) is -0.935. The first kappa shape index (κ1) is 14.4. The molecule has 1 aromatic rings. The third-order valence-corrected chi connectivity index (χ3v) is 3.27. The van der Waals surface area contributed by atoms with E-state index in [1.807, 2.05) is 0 Å². The molecule has 1 aliphatic rings. The maximum Gasteiger partial charge on any atom is 0.209 e. The first-order chi connectivity index (χ1) is 9.56. The number of carbonyl (C=O) groups excluding carboxylic acids is 2. The molecule has 1 aromatic carbocycles. The third-order valence-electron chi connectivity index (χ3n) is 3.27. The molecule has 106 valence electrons. The van der Waals surface area contributed by atoms with Gasteiger partial charge in [0, 0.05) is 17.2 Å². The molecule has 0 spiro atoms. The van der Waals surface area contributed by atoms with Gasteiger partial charge in [-0.15, -0.1) is 0 Å². The van der Waals surface area contributed by atoms with Gasteiger partial charge in [-0.2, -0.15) is 0 Å². The Kier molecular flexibility index (Phi) is 3.99. The molecule has 0 aromatic heterocycles. The predicted octanol–water partition coefficient (Wildman–Crippen LogP) is -0.745. The molecule has 0 fully saturated rings. The minimum Gasteiger partial charge on any atom is -0.394 e. The molecule has 20 heavy (non-hydrogen) atoms. The van der Waals surface area contributed by atoms with E-state index in [2.05, 4.69) is 5.32 Å². The molecular formula is C14H15NO5. The van der Waals surface area contributed by atoms with Crippen LogP contribution in [-0.2, 0) is 0 Å². The minimum atomic E-state index is -1.45. The van der Waals surface area contributed by atoms with Crippen LogP contribution in [0.1, 0.15) is 20.7 Å². The molecule has 0 radical (unpaired) electrons. The van der Waals surface area contributed by atoms with Crippen LogP contribution in [0.3, 0.4) is 0 Å². The topological polar surface area (TPSA) is 107 Å². The Hall–Kier alpha value is -2.02. The molecule has 6 nitrogen and oxygen atoms in total. The molecule has 0 aliphatic heterocycles. The van der Waals surface area contributed by atoms with Gasteiger partial charge in [0.25, 0.3) is 0 Å². The van der Waals surface area contributed by atoms with Gasteiger partial charge in [0.2, 0.25) is 5.78 Å². The van der Waals surface area contributed by atoms with Gasteiger partial charge in [-0.05, 0) is 0 Å². The van der Waals surface area contributed by atoms with Crippen LogP contribution in [0.15, 0.2) is 36.0 Å². The number of ketones is 2. The Bertz CT molecular complexity index is 566. The second-order valence-corrected chi connectivity index (χ2v) is 4.68. The lowest BCUT2D eigenvalue weighted by Crippen LogP contribution is -2.55. The summed E-state index contributed by atoms with van der Waals surface area (Å²) in [6.07, 6.45) is 1.11. The number of hydrogen-bond acceptors (Lipinski definition) is 6. The monoisotopic (exact) mass is 277 g/mol. The average molecular weight is 277 g/mol. The van der Waals surface area contributed by atoms with Crippen molar-refractivity contribution in [3.63, 3.8) is 0 Å². The van der Waals surface area contributed by atoms with Crippen LogP contribution in [0.4, 0.5) is 0 Å². The smallest absolute Gasteiger partial charge is 0.209 e. The van der Waals surface area contributed by atoms with Crippen LogP contribution in [0.25, 0.3) is 0 Å². The number of carbonyl (C=O) groups is 2. The average Bonchev–Trinajstić information content (AvgIpc) is 2.50. The third kappa shape index (κ3) is 2.36. The van der Waals surface area contributed by atoms with Crippen molar-refractivity contribution >= 4 is 11.6 Å². The van der Waals surface area contributed by atoms with E-state index in [4.69, 9.17) is 0 Å². The van der Waals surface area contributed by atoms with Crippen LogP contribution in [-0.4, -0.2) is 52.2 Å². The van der Waals surface area contributed by atoms with E-state index in [0.717, 1.165) is 6.08 Å². The highest BCUT2D eigenvalue weighted by Gasteiger charge is 2.33. The van der Waals surface area contributed by atoms with E-state index in [1.54, 1.807) is 18.2 Å². The summed E-state index contributed by atoms with van der Waals surface area (Å²) in [6.45, 7) is -1.75. The van der Waals surface area contributed by atoms with Gasteiger partial charge < -0.3 is 20.6 Å². The predicted molar refractivity (Wildman–Crippen MR) is 70.3 cm³/mol. The lowest BCUT2D eigenvalue weighted by atomic mass is 9.91. The summed E-state index contributed by atoms with van der Waals surface area (Å²) in [7, 11) is 0. The van der Waals surface area contributed by atoms with Gasteiger partial charge in [0.05, 0.1) is 25.5 Å². The van der Waals surface area contributed by atoms with E-state index < -0.39 is 31.1 Å². The van der Waals surface area contributed by atoms with Crippen LogP contribution in [0.5, 0.6) is 0 Å². The highest BCUT2D eigenvalue weighted by Crippen LogP contribution is 2.21. The maximum atomic E-state index is 12.3. The van der Waals surface area contributed by atoms with Crippen LogP contribution >= 0.6 is 0 Å². The van der Waals surface area contributed by atoms with Gasteiger partial charge in [-0.1, -0.05) is 24.3 Å². The molecule has 6 heteroatoms. The molecule has 0 saturated heterocycles. The van der Waals surface area contributed by atoms with Crippen molar-refractivity contribution in [3.8, 4) is 0 Å². The second kappa shape index (κ2) is 5.54. The Balaban J connectivity index is 2.36. The molecule has 1 aliphatic carbocycles. The fourth-order valence-corrected chi connectivity index (χ4v) is 1.96.